The van der Waals surface area contributed by atoms with Crippen LogP contribution >= 0.6 is 11.6 Å². The summed E-state index contributed by atoms with van der Waals surface area (Å²) in [6.07, 6.45) is 10.1. The van der Waals surface area contributed by atoms with Gasteiger partial charge in [-0.25, -0.2) is 4.68 Å². The Bertz CT molecular complexity index is 482. The van der Waals surface area contributed by atoms with E-state index in [0.717, 1.165) is 12.8 Å². The van der Waals surface area contributed by atoms with Gasteiger partial charge < -0.3 is 10.4 Å². The molecule has 1 aliphatic carbocycles. The molecule has 0 radical (unpaired) electrons. The molecule has 1 saturated carbocycles. The van der Waals surface area contributed by atoms with Crippen LogP contribution in [-0.2, 0) is 6.54 Å². The molecule has 5 nitrogen and oxygen atoms in total. The Labute approximate surface area is 124 Å². The number of nitrogens with one attached hydrogen (secondary N) is 1. The fraction of sp³-hybridized carbons (Fsp3) is 0.714. The first-order valence-electron chi connectivity index (χ1n) is 7.35. The third-order valence-electron chi connectivity index (χ3n) is 3.76. The number of anilines is 1. The predicted octanol–water partition coefficient (Wildman–Crippen LogP) is 2.41. The monoisotopic (exact) mass is 299 g/mol. The molecule has 0 unspecified atom stereocenters. The lowest BCUT2D eigenvalue weighted by molar-refractivity contribution is 0.266. The number of hydrogen-bond acceptors (Lipinski definition) is 4. The van der Waals surface area contributed by atoms with Gasteiger partial charge in [-0.15, -0.1) is 0 Å². The van der Waals surface area contributed by atoms with E-state index >= 15 is 0 Å². The van der Waals surface area contributed by atoms with Gasteiger partial charge in [0.2, 0.25) is 0 Å². The number of aromatic nitrogens is 2. The molecule has 0 bridgehead atoms. The molecule has 1 aromatic rings. The molecule has 0 atom stereocenters. The van der Waals surface area contributed by atoms with Crippen LogP contribution in [0, 0.1) is 0 Å². The summed E-state index contributed by atoms with van der Waals surface area (Å²) in [5, 5.41) is 16.4. The summed E-state index contributed by atoms with van der Waals surface area (Å²) in [5.74, 6) is 0. The van der Waals surface area contributed by atoms with E-state index in [1.54, 1.807) is 6.20 Å². The van der Waals surface area contributed by atoms with Crippen molar-refractivity contribution in [1.29, 1.82) is 0 Å². The Balaban J connectivity index is 2.08. The number of hydrogen-bond donors (Lipinski definition) is 2. The van der Waals surface area contributed by atoms with Crippen molar-refractivity contribution in [2.75, 3.05) is 11.9 Å². The Morgan fingerprint density at radius 1 is 1.30 bits per heavy atom. The maximum absolute atomic E-state index is 12.0. The van der Waals surface area contributed by atoms with E-state index in [9.17, 15) is 4.79 Å². The second-order valence-electron chi connectivity index (χ2n) is 5.31. The SMILES string of the molecule is O=c1c(Cl)c(NC2CCCCCCC2)cnn1CCO. The number of aliphatic hydroxyl groups excluding tert-OH is 1. The Kier molecular flexibility index (Phi) is 5.86. The van der Waals surface area contributed by atoms with Crippen molar-refractivity contribution >= 4 is 17.3 Å². The van der Waals surface area contributed by atoms with Crippen molar-refractivity contribution in [2.24, 2.45) is 0 Å². The summed E-state index contributed by atoms with van der Waals surface area (Å²) in [5.41, 5.74) is 0.257. The zero-order valence-corrected chi connectivity index (χ0v) is 12.4. The second-order valence-corrected chi connectivity index (χ2v) is 5.69. The summed E-state index contributed by atoms with van der Waals surface area (Å²) < 4.78 is 1.19. The van der Waals surface area contributed by atoms with Gasteiger partial charge in [0.25, 0.3) is 5.56 Å². The van der Waals surface area contributed by atoms with Crippen LogP contribution in [-0.4, -0.2) is 27.5 Å². The zero-order chi connectivity index (χ0) is 14.4. The minimum Gasteiger partial charge on any atom is -0.394 e. The van der Waals surface area contributed by atoms with Gasteiger partial charge in [-0.1, -0.05) is 43.7 Å². The summed E-state index contributed by atoms with van der Waals surface area (Å²) in [6, 6.07) is 0.364. The molecule has 6 heteroatoms. The van der Waals surface area contributed by atoms with E-state index in [4.69, 9.17) is 16.7 Å². The van der Waals surface area contributed by atoms with Crippen molar-refractivity contribution in [3.05, 3.63) is 21.6 Å². The molecule has 20 heavy (non-hydrogen) atoms. The van der Waals surface area contributed by atoms with E-state index in [2.05, 4.69) is 10.4 Å². The summed E-state index contributed by atoms with van der Waals surface area (Å²) in [4.78, 5) is 12.0. The minimum atomic E-state index is -0.350. The standard InChI is InChI=1S/C14H22ClN3O2/c15-13-12(10-16-18(8-9-19)14(13)20)17-11-6-4-2-1-3-5-7-11/h10-11,17,19H,1-9H2. The normalized spacial score (nSPS) is 17.5. The topological polar surface area (TPSA) is 67.2 Å². The lowest BCUT2D eigenvalue weighted by Crippen LogP contribution is -2.28. The molecule has 112 valence electrons. The lowest BCUT2D eigenvalue weighted by atomic mass is 9.96. The van der Waals surface area contributed by atoms with Crippen LogP contribution in [0.5, 0.6) is 0 Å². The van der Waals surface area contributed by atoms with Crippen molar-refractivity contribution < 1.29 is 5.11 Å². The average Bonchev–Trinajstić information content (AvgIpc) is 2.41. The Morgan fingerprint density at radius 3 is 2.60 bits per heavy atom. The number of aliphatic hydroxyl groups is 1. The van der Waals surface area contributed by atoms with Crippen molar-refractivity contribution in [1.82, 2.24) is 9.78 Å². The van der Waals surface area contributed by atoms with Crippen molar-refractivity contribution in [3.8, 4) is 0 Å². The third-order valence-corrected chi connectivity index (χ3v) is 4.13. The Morgan fingerprint density at radius 2 is 1.95 bits per heavy atom. The average molecular weight is 300 g/mol. The van der Waals surface area contributed by atoms with Gasteiger partial charge >= 0.3 is 0 Å². The Hall–Kier alpha value is -1.07. The summed E-state index contributed by atoms with van der Waals surface area (Å²) in [6.45, 7) is 0.0426. The van der Waals surface area contributed by atoms with E-state index < -0.39 is 0 Å². The first-order chi connectivity index (χ1) is 9.72. The number of rotatable bonds is 4. The quantitative estimate of drug-likeness (QED) is 0.896. The molecule has 1 fully saturated rings. The van der Waals surface area contributed by atoms with Gasteiger partial charge in [-0.05, 0) is 12.8 Å². The molecule has 0 saturated heterocycles. The highest BCUT2D eigenvalue weighted by Gasteiger charge is 2.15. The molecule has 0 spiro atoms. The number of nitrogens with zero attached hydrogens (tertiary/aromatic N) is 2. The van der Waals surface area contributed by atoms with Crippen LogP contribution in [0.15, 0.2) is 11.0 Å². The molecule has 1 aromatic heterocycles. The molecule has 2 rings (SSSR count). The van der Waals surface area contributed by atoms with Crippen LogP contribution in [0.3, 0.4) is 0 Å². The minimum absolute atomic E-state index is 0.126. The fourth-order valence-corrected chi connectivity index (χ4v) is 2.84. The second kappa shape index (κ2) is 7.64. The van der Waals surface area contributed by atoms with E-state index in [1.807, 2.05) is 0 Å². The van der Waals surface area contributed by atoms with Crippen molar-refractivity contribution in [3.63, 3.8) is 0 Å². The molecule has 0 aliphatic heterocycles. The molecule has 1 aliphatic rings. The molecule has 2 N–H and O–H groups in total. The molecule has 1 heterocycles. The first kappa shape index (κ1) is 15.3. The van der Waals surface area contributed by atoms with E-state index in [-0.39, 0.29) is 23.7 Å². The highest BCUT2D eigenvalue weighted by atomic mass is 35.5. The van der Waals surface area contributed by atoms with Gasteiger partial charge in [0.1, 0.15) is 5.02 Å². The van der Waals surface area contributed by atoms with Crippen LogP contribution in [0.2, 0.25) is 5.02 Å². The molecule has 0 aromatic carbocycles. The first-order valence-corrected chi connectivity index (χ1v) is 7.73. The zero-order valence-electron chi connectivity index (χ0n) is 11.6. The van der Waals surface area contributed by atoms with Gasteiger partial charge in [0.15, 0.2) is 0 Å². The summed E-state index contributed by atoms with van der Waals surface area (Å²) in [7, 11) is 0. The van der Waals surface area contributed by atoms with E-state index in [0.29, 0.717) is 11.7 Å². The van der Waals surface area contributed by atoms with Gasteiger partial charge in [-0.3, -0.25) is 4.79 Å². The predicted molar refractivity (Wildman–Crippen MR) is 80.3 cm³/mol. The van der Waals surface area contributed by atoms with E-state index in [1.165, 1.54) is 36.8 Å². The third kappa shape index (κ3) is 3.96. The summed E-state index contributed by atoms with van der Waals surface area (Å²) >= 11 is 6.11. The molecular weight excluding hydrogens is 278 g/mol. The van der Waals surface area contributed by atoms with Gasteiger partial charge in [-0.2, -0.15) is 5.10 Å². The highest BCUT2D eigenvalue weighted by Crippen LogP contribution is 2.23. The molecule has 0 amide bonds. The maximum atomic E-state index is 12.0. The number of halogens is 1. The molecular formula is C14H22ClN3O2. The van der Waals surface area contributed by atoms with Crippen LogP contribution in [0.25, 0.3) is 0 Å². The van der Waals surface area contributed by atoms with Gasteiger partial charge in [0.05, 0.1) is 25.0 Å². The smallest absolute Gasteiger partial charge is 0.287 e. The lowest BCUT2D eigenvalue weighted by Gasteiger charge is -2.22. The van der Waals surface area contributed by atoms with Crippen molar-refractivity contribution in [2.45, 2.75) is 57.5 Å². The largest absolute Gasteiger partial charge is 0.394 e. The van der Waals surface area contributed by atoms with Crippen LogP contribution < -0.4 is 10.9 Å². The van der Waals surface area contributed by atoms with Crippen LogP contribution in [0.1, 0.15) is 44.9 Å². The maximum Gasteiger partial charge on any atom is 0.287 e. The van der Waals surface area contributed by atoms with Crippen LogP contribution in [0.4, 0.5) is 5.69 Å². The highest BCUT2D eigenvalue weighted by molar-refractivity contribution is 6.32. The fourth-order valence-electron chi connectivity index (χ4n) is 2.64. The van der Waals surface area contributed by atoms with Gasteiger partial charge in [0, 0.05) is 6.04 Å².